The maximum Gasteiger partial charge on any atom is 0.272 e. The summed E-state index contributed by atoms with van der Waals surface area (Å²) in [5.74, 6) is 0. The lowest BCUT2D eigenvalue weighted by molar-refractivity contribution is 0.346. The molecule has 0 saturated heterocycles. The lowest BCUT2D eigenvalue weighted by atomic mass is 10.1. The van der Waals surface area contributed by atoms with E-state index in [-0.39, 0.29) is 5.56 Å². The molecule has 1 N–H and O–H groups in total. The Hall–Kier alpha value is -2.46. The number of nitrogens with zero attached hydrogens (tertiary/aromatic N) is 2. The Morgan fingerprint density at radius 1 is 1.00 bits per heavy atom. The zero-order valence-electron chi connectivity index (χ0n) is 13.9. The molecule has 1 aromatic heterocycles. The molecule has 0 saturated carbocycles. The summed E-state index contributed by atoms with van der Waals surface area (Å²) in [4.78, 5) is 13.5. The van der Waals surface area contributed by atoms with Gasteiger partial charge in [-0.15, -0.1) is 0 Å². The van der Waals surface area contributed by atoms with E-state index in [2.05, 4.69) is 59.4 Å². The summed E-state index contributed by atoms with van der Waals surface area (Å²) >= 11 is 0. The Labute approximate surface area is 136 Å². The first-order valence-electron chi connectivity index (χ1n) is 7.78. The molecule has 0 aliphatic rings. The molecule has 0 fully saturated rings. The highest BCUT2D eigenvalue weighted by molar-refractivity contribution is 5.82. The molecule has 0 radical (unpaired) electrons. The van der Waals surface area contributed by atoms with E-state index in [0.717, 1.165) is 24.2 Å². The van der Waals surface area contributed by atoms with E-state index in [9.17, 15) is 4.79 Å². The van der Waals surface area contributed by atoms with Gasteiger partial charge in [-0.1, -0.05) is 55.5 Å². The van der Waals surface area contributed by atoms with Crippen LogP contribution in [-0.2, 0) is 6.54 Å². The van der Waals surface area contributed by atoms with Crippen molar-refractivity contribution >= 4 is 10.8 Å². The van der Waals surface area contributed by atoms with Crippen molar-refractivity contribution in [2.75, 3.05) is 13.6 Å². The first-order chi connectivity index (χ1) is 11.1. The molecule has 0 aliphatic heterocycles. The van der Waals surface area contributed by atoms with Gasteiger partial charge < -0.3 is 4.90 Å². The van der Waals surface area contributed by atoms with E-state index in [1.165, 1.54) is 5.56 Å². The van der Waals surface area contributed by atoms with Crippen molar-refractivity contribution in [1.82, 2.24) is 15.1 Å². The van der Waals surface area contributed by atoms with Gasteiger partial charge in [0.15, 0.2) is 0 Å². The van der Waals surface area contributed by atoms with Crippen LogP contribution in [0.5, 0.6) is 0 Å². The first-order valence-corrected chi connectivity index (χ1v) is 7.78. The lowest BCUT2D eigenvalue weighted by Crippen LogP contribution is -2.16. The van der Waals surface area contributed by atoms with Crippen LogP contribution in [0.4, 0.5) is 0 Å². The number of fused-ring (bicyclic) bond motifs is 1. The normalized spacial score (nSPS) is 10.4. The Balaban J connectivity index is 0.000000168. The average molecular weight is 309 g/mol. The van der Waals surface area contributed by atoms with Crippen molar-refractivity contribution in [3.8, 4) is 0 Å². The van der Waals surface area contributed by atoms with Gasteiger partial charge in [0.2, 0.25) is 0 Å². The molecule has 4 nitrogen and oxygen atoms in total. The molecule has 4 heteroatoms. The number of nitrogens with one attached hydrogen (secondary N) is 1. The third kappa shape index (κ3) is 4.76. The molecule has 2 aromatic carbocycles. The summed E-state index contributed by atoms with van der Waals surface area (Å²) in [5.41, 5.74) is 2.11. The highest BCUT2D eigenvalue weighted by Gasteiger charge is 1.99. The van der Waals surface area contributed by atoms with Crippen molar-refractivity contribution in [1.29, 1.82) is 0 Å². The average Bonchev–Trinajstić information content (AvgIpc) is 2.60. The van der Waals surface area contributed by atoms with Gasteiger partial charge in [-0.2, -0.15) is 5.10 Å². The number of aromatic amines is 1. The van der Waals surface area contributed by atoms with Gasteiger partial charge in [-0.3, -0.25) is 4.79 Å². The van der Waals surface area contributed by atoms with Gasteiger partial charge in [0.05, 0.1) is 11.1 Å². The second kappa shape index (κ2) is 8.25. The SMILES string of the molecule is CCN(C)Cc1ccccc1.Cc1n[nH]c(=O)c2ccccc12. The van der Waals surface area contributed by atoms with Gasteiger partial charge in [-0.25, -0.2) is 5.10 Å². The Morgan fingerprint density at radius 2 is 1.61 bits per heavy atom. The van der Waals surface area contributed by atoms with Gasteiger partial charge in [0.1, 0.15) is 0 Å². The molecular formula is C19H23N3O. The monoisotopic (exact) mass is 309 g/mol. The van der Waals surface area contributed by atoms with E-state index in [4.69, 9.17) is 0 Å². The van der Waals surface area contributed by atoms with Crippen LogP contribution in [0.15, 0.2) is 59.4 Å². The number of aromatic nitrogens is 2. The minimum atomic E-state index is -0.129. The van der Waals surface area contributed by atoms with Crippen molar-refractivity contribution in [2.45, 2.75) is 20.4 Å². The molecule has 3 aromatic rings. The van der Waals surface area contributed by atoms with Crippen LogP contribution in [0.25, 0.3) is 10.8 Å². The van der Waals surface area contributed by atoms with Crippen LogP contribution in [0.1, 0.15) is 18.2 Å². The van der Waals surface area contributed by atoms with E-state index in [0.29, 0.717) is 5.39 Å². The van der Waals surface area contributed by atoms with Gasteiger partial charge in [0, 0.05) is 11.9 Å². The quantitative estimate of drug-likeness (QED) is 0.807. The topological polar surface area (TPSA) is 49.0 Å². The van der Waals surface area contributed by atoms with Crippen molar-refractivity contribution in [3.05, 3.63) is 76.2 Å². The molecule has 23 heavy (non-hydrogen) atoms. The van der Waals surface area contributed by atoms with Gasteiger partial charge in [-0.05, 0) is 32.1 Å². The molecule has 0 aliphatic carbocycles. The number of H-pyrrole nitrogens is 1. The second-order valence-corrected chi connectivity index (χ2v) is 5.50. The summed E-state index contributed by atoms with van der Waals surface area (Å²) in [6.07, 6.45) is 0. The van der Waals surface area contributed by atoms with Crippen LogP contribution in [0, 0.1) is 6.92 Å². The fourth-order valence-corrected chi connectivity index (χ4v) is 2.26. The second-order valence-electron chi connectivity index (χ2n) is 5.50. The summed E-state index contributed by atoms with van der Waals surface area (Å²) in [6.45, 7) is 6.20. The summed E-state index contributed by atoms with van der Waals surface area (Å²) in [7, 11) is 2.13. The predicted octanol–water partition coefficient (Wildman–Crippen LogP) is 3.37. The Morgan fingerprint density at radius 3 is 2.22 bits per heavy atom. The zero-order valence-corrected chi connectivity index (χ0v) is 13.9. The molecule has 0 atom stereocenters. The van der Waals surface area contributed by atoms with Crippen molar-refractivity contribution in [3.63, 3.8) is 0 Å². The molecule has 0 bridgehead atoms. The minimum Gasteiger partial charge on any atom is -0.302 e. The van der Waals surface area contributed by atoms with Crippen LogP contribution in [0.3, 0.4) is 0 Å². The van der Waals surface area contributed by atoms with Crippen LogP contribution in [0.2, 0.25) is 0 Å². The summed E-state index contributed by atoms with van der Waals surface area (Å²) in [6, 6.07) is 18.0. The molecule has 0 amide bonds. The highest BCUT2D eigenvalue weighted by atomic mass is 16.1. The molecular weight excluding hydrogens is 286 g/mol. The Bertz CT molecular complexity index is 796. The number of hydrogen-bond acceptors (Lipinski definition) is 3. The van der Waals surface area contributed by atoms with Crippen molar-refractivity contribution < 1.29 is 0 Å². The third-order valence-electron chi connectivity index (χ3n) is 3.72. The molecule has 120 valence electrons. The number of aryl methyl sites for hydroxylation is 1. The Kier molecular flexibility index (Phi) is 6.06. The molecule has 0 spiro atoms. The largest absolute Gasteiger partial charge is 0.302 e. The molecule has 1 heterocycles. The maximum absolute atomic E-state index is 11.2. The smallest absolute Gasteiger partial charge is 0.272 e. The lowest BCUT2D eigenvalue weighted by Gasteiger charge is -2.12. The molecule has 3 rings (SSSR count). The number of hydrogen-bond donors (Lipinski definition) is 1. The predicted molar refractivity (Wildman–Crippen MR) is 95.6 cm³/mol. The van der Waals surface area contributed by atoms with Gasteiger partial charge >= 0.3 is 0 Å². The van der Waals surface area contributed by atoms with E-state index in [1.807, 2.05) is 25.1 Å². The van der Waals surface area contributed by atoms with Crippen LogP contribution >= 0.6 is 0 Å². The first kappa shape index (κ1) is 16.9. The summed E-state index contributed by atoms with van der Waals surface area (Å²) < 4.78 is 0. The summed E-state index contributed by atoms with van der Waals surface area (Å²) in [5, 5.41) is 7.92. The van der Waals surface area contributed by atoms with Gasteiger partial charge in [0.25, 0.3) is 5.56 Å². The molecule has 0 unspecified atom stereocenters. The number of rotatable bonds is 3. The standard InChI is InChI=1S/C10H15N.C9H8N2O/c1-3-11(2)9-10-7-5-4-6-8-10;1-6-7-4-2-3-5-8(7)9(12)11-10-6/h4-8H,3,9H2,1-2H3;2-5H,1H3,(H,11,12). The van der Waals surface area contributed by atoms with E-state index < -0.39 is 0 Å². The minimum absolute atomic E-state index is 0.129. The fraction of sp³-hybridized carbons (Fsp3) is 0.263. The van der Waals surface area contributed by atoms with Crippen LogP contribution in [-0.4, -0.2) is 28.7 Å². The zero-order chi connectivity index (χ0) is 16.7. The number of benzene rings is 2. The third-order valence-corrected chi connectivity index (χ3v) is 3.72. The highest BCUT2D eigenvalue weighted by Crippen LogP contribution is 2.10. The maximum atomic E-state index is 11.2. The fourth-order valence-electron chi connectivity index (χ4n) is 2.26. The van der Waals surface area contributed by atoms with Crippen LogP contribution < -0.4 is 5.56 Å². The van der Waals surface area contributed by atoms with E-state index in [1.54, 1.807) is 6.07 Å². The van der Waals surface area contributed by atoms with E-state index >= 15 is 0 Å². The van der Waals surface area contributed by atoms with Crippen molar-refractivity contribution in [2.24, 2.45) is 0 Å².